The first-order chi connectivity index (χ1) is 27.7. The lowest BCUT2D eigenvalue weighted by Crippen LogP contribution is -2.57. The van der Waals surface area contributed by atoms with Crippen molar-refractivity contribution in [2.45, 2.75) is 116 Å². The number of thiazole rings is 1. The van der Waals surface area contributed by atoms with Gasteiger partial charge in [0.15, 0.2) is 0 Å². The second kappa shape index (κ2) is 22.3. The van der Waals surface area contributed by atoms with Crippen LogP contribution in [0.2, 0.25) is 0 Å². The van der Waals surface area contributed by atoms with E-state index < -0.39 is 42.0 Å². The molecule has 4 rings (SSSR count). The zero-order chi connectivity index (χ0) is 43.9. The summed E-state index contributed by atoms with van der Waals surface area (Å²) in [6, 6.07) is 13.4. The van der Waals surface area contributed by atoms with E-state index in [-0.39, 0.29) is 68.6 Å². The number of benzene rings is 2. The van der Waals surface area contributed by atoms with Crippen molar-refractivity contribution >= 4 is 41.3 Å². The third-order valence-corrected chi connectivity index (χ3v) is 10.3. The molecule has 1 aromatic heterocycles. The number of hydrogen-bond acceptors (Lipinski definition) is 10. The maximum Gasteiger partial charge on any atom is 0.446 e. The molecule has 0 radical (unpaired) electrons. The van der Waals surface area contributed by atoms with Crippen LogP contribution in [0, 0.1) is 24.2 Å². The van der Waals surface area contributed by atoms with Crippen molar-refractivity contribution in [3.05, 3.63) is 76.4 Å². The van der Waals surface area contributed by atoms with E-state index in [0.29, 0.717) is 13.0 Å². The zero-order valence-electron chi connectivity index (χ0n) is 33.8. The third-order valence-electron chi connectivity index (χ3n) is 9.35. The highest BCUT2D eigenvalue weighted by Crippen LogP contribution is 2.28. The number of nitrogens with zero attached hydrogens (tertiary/aromatic N) is 2. The van der Waals surface area contributed by atoms with E-state index in [1.165, 1.54) is 4.90 Å². The molecule has 4 amide bonds. The van der Waals surface area contributed by atoms with E-state index in [2.05, 4.69) is 27.5 Å². The van der Waals surface area contributed by atoms with Crippen LogP contribution in [0.15, 0.2) is 54.0 Å². The Morgan fingerprint density at radius 2 is 1.69 bits per heavy atom. The number of ether oxygens (including phenoxy) is 1. The van der Waals surface area contributed by atoms with Gasteiger partial charge >= 0.3 is 6.18 Å². The molecule has 1 fully saturated rings. The van der Waals surface area contributed by atoms with Crippen LogP contribution in [0.1, 0.15) is 82.2 Å². The Kier molecular flexibility index (Phi) is 18.2. The molecule has 5 atom stereocenters. The van der Waals surface area contributed by atoms with E-state index in [1.54, 1.807) is 11.3 Å². The Morgan fingerprint density at radius 3 is 2.25 bits per heavy atom. The van der Waals surface area contributed by atoms with Crippen LogP contribution in [0.5, 0.6) is 0 Å². The molecule has 2 aromatic carbocycles. The Hall–Kier alpha value is -5.15. The van der Waals surface area contributed by atoms with Crippen LogP contribution in [-0.2, 0) is 41.9 Å². The molecule has 1 saturated heterocycles. The number of β-amino-alcohol motifs (C(OH)–C–C–N with tert-alkyl or cyclic N) is 1. The molecule has 59 heavy (non-hydrogen) atoms. The number of aldehydes is 1. The minimum Gasteiger partial charge on any atom is -0.391 e. The number of primary amides is 1. The van der Waals surface area contributed by atoms with Crippen molar-refractivity contribution in [3.8, 4) is 22.3 Å². The smallest absolute Gasteiger partial charge is 0.391 e. The average Bonchev–Trinajstić information content (AvgIpc) is 3.80. The molecule has 7 N–H and O–H groups in total. The number of hydrogen-bond donors (Lipinski definition) is 5. The van der Waals surface area contributed by atoms with Gasteiger partial charge in [0.2, 0.25) is 29.9 Å². The summed E-state index contributed by atoms with van der Waals surface area (Å²) in [6.07, 6.45) is -5.64. The highest BCUT2D eigenvalue weighted by molar-refractivity contribution is 7.13. The molecule has 1 aliphatic heterocycles. The summed E-state index contributed by atoms with van der Waals surface area (Å²) < 4.78 is 37.1. The van der Waals surface area contributed by atoms with Crippen LogP contribution in [0.3, 0.4) is 0 Å². The molecule has 0 bridgehead atoms. The number of carbonyl (C=O) groups excluding carboxylic acids is 5. The molecular weight excluding hydrogens is 790 g/mol. The van der Waals surface area contributed by atoms with Crippen LogP contribution in [0.25, 0.3) is 10.4 Å². The molecule has 17 heteroatoms. The number of aliphatic hydroxyl groups excluding tert-OH is 1. The van der Waals surface area contributed by atoms with Gasteiger partial charge in [-0.2, -0.15) is 13.2 Å². The summed E-state index contributed by atoms with van der Waals surface area (Å²) in [7, 11) is 0. The van der Waals surface area contributed by atoms with Gasteiger partial charge in [-0.3, -0.25) is 24.0 Å². The van der Waals surface area contributed by atoms with Gasteiger partial charge in [-0.05, 0) is 54.5 Å². The molecular formula is C42H53F3N6O7S. The number of rotatable bonds is 15. The Bertz CT molecular complexity index is 1940. The number of aryl methyl sites for hydroxylation is 1. The predicted octanol–water partition coefficient (Wildman–Crippen LogP) is 4.30. The number of aromatic nitrogens is 1. The van der Waals surface area contributed by atoms with E-state index in [9.17, 15) is 37.5 Å². The van der Waals surface area contributed by atoms with Gasteiger partial charge in [0.05, 0.1) is 34.9 Å². The standard InChI is InChI=1S/C40H52N6O6S.C2HF3O/c1-25-36(53-24-44-25)30-16-14-28(15-17-30)21-43-38(50)33-20-31(47)22-46(33)39(51)37(40(3,4)5)45-35(49)9-7-6-8-27-10-12-29(13-11-27)23-52-26(2)32(41)18-19-34(42)48;3-2(4,5)1-6/h10-17,24,26,31-33,37,47H,7,9,18-23,41H2,1-5H3,(H2,42,48)(H,43,50)(H,45,49);1H/t26-,31-,32+,33+,37-;/m1./s1. The van der Waals surface area contributed by atoms with Crippen LogP contribution >= 0.6 is 11.3 Å². The largest absolute Gasteiger partial charge is 0.446 e. The minimum atomic E-state index is -4.64. The lowest BCUT2D eigenvalue weighted by molar-refractivity contribution is -0.156. The lowest BCUT2D eigenvalue weighted by atomic mass is 9.85. The van der Waals surface area contributed by atoms with Gasteiger partial charge in [-0.1, -0.05) is 69.0 Å². The minimum absolute atomic E-state index is 0.00216. The summed E-state index contributed by atoms with van der Waals surface area (Å²) in [6.45, 7) is 10.0. The predicted molar refractivity (Wildman–Crippen MR) is 217 cm³/mol. The Balaban J connectivity index is 0.00000144. The number of nitrogens with two attached hydrogens (primary N) is 2. The van der Waals surface area contributed by atoms with E-state index in [1.807, 2.05) is 88.7 Å². The van der Waals surface area contributed by atoms with Gasteiger partial charge in [0, 0.05) is 50.4 Å². The third kappa shape index (κ3) is 16.2. The van der Waals surface area contributed by atoms with Crippen LogP contribution < -0.4 is 22.1 Å². The lowest BCUT2D eigenvalue weighted by Gasteiger charge is -2.35. The van der Waals surface area contributed by atoms with Gasteiger partial charge in [-0.15, -0.1) is 11.3 Å². The van der Waals surface area contributed by atoms with Crippen molar-refractivity contribution in [2.75, 3.05) is 6.54 Å². The zero-order valence-corrected chi connectivity index (χ0v) is 34.6. The van der Waals surface area contributed by atoms with Crippen molar-refractivity contribution in [1.82, 2.24) is 20.5 Å². The quantitative estimate of drug-likeness (QED) is 0.109. The fraction of sp³-hybridized carbons (Fsp3) is 0.476. The first kappa shape index (κ1) is 48.2. The molecule has 2 heterocycles. The van der Waals surface area contributed by atoms with Crippen molar-refractivity contribution < 1.29 is 47.0 Å². The summed E-state index contributed by atoms with van der Waals surface area (Å²) in [5, 5.41) is 16.3. The summed E-state index contributed by atoms with van der Waals surface area (Å²) in [4.78, 5) is 66.8. The number of likely N-dealkylation sites (tertiary alicyclic amines) is 1. The SMILES string of the molecule is Cc1ncsc1-c1ccc(CNC(=O)[C@@H]2C[C@@H](O)CN2C(=O)[C@@H](NC(=O)CCC#Cc2ccc(CO[C@H](C)[C@@H](N)CCC(N)=O)cc2)C(C)(C)C)cc1.O=CC(F)(F)F. The average molecular weight is 843 g/mol. The number of nitrogens with one attached hydrogen (secondary N) is 2. The maximum atomic E-state index is 13.9. The molecule has 320 valence electrons. The van der Waals surface area contributed by atoms with Gasteiger partial charge in [-0.25, -0.2) is 4.98 Å². The van der Waals surface area contributed by atoms with Crippen molar-refractivity contribution in [2.24, 2.45) is 16.9 Å². The number of alkyl halides is 3. The summed E-state index contributed by atoms with van der Waals surface area (Å²) in [5.41, 5.74) is 17.1. The Morgan fingerprint density at radius 1 is 1.07 bits per heavy atom. The molecule has 13 nitrogen and oxygen atoms in total. The first-order valence-corrected chi connectivity index (χ1v) is 19.9. The van der Waals surface area contributed by atoms with E-state index in [4.69, 9.17) is 21.0 Å². The number of carbonyl (C=O) groups is 5. The second-order valence-corrected chi connectivity index (χ2v) is 16.1. The fourth-order valence-electron chi connectivity index (χ4n) is 5.93. The fourth-order valence-corrected chi connectivity index (χ4v) is 6.74. The summed E-state index contributed by atoms with van der Waals surface area (Å²) in [5.74, 6) is 4.60. The molecule has 0 aliphatic carbocycles. The second-order valence-electron chi connectivity index (χ2n) is 15.3. The topological polar surface area (TPSA) is 207 Å². The summed E-state index contributed by atoms with van der Waals surface area (Å²) >= 11 is 1.57. The molecule has 0 unspecified atom stereocenters. The monoisotopic (exact) mass is 842 g/mol. The highest BCUT2D eigenvalue weighted by atomic mass is 32.1. The number of halogens is 3. The van der Waals surface area contributed by atoms with E-state index in [0.717, 1.165) is 32.8 Å². The Labute approximate surface area is 346 Å². The van der Waals surface area contributed by atoms with Crippen LogP contribution in [-0.4, -0.2) is 88.0 Å². The highest BCUT2D eigenvalue weighted by Gasteiger charge is 2.44. The van der Waals surface area contributed by atoms with Crippen molar-refractivity contribution in [3.63, 3.8) is 0 Å². The first-order valence-electron chi connectivity index (χ1n) is 19.0. The van der Waals surface area contributed by atoms with Gasteiger partial charge in [0.1, 0.15) is 12.1 Å². The molecule has 0 spiro atoms. The molecule has 3 aromatic rings. The molecule has 1 aliphatic rings. The van der Waals surface area contributed by atoms with Gasteiger partial charge in [0.25, 0.3) is 0 Å². The number of amides is 4. The maximum absolute atomic E-state index is 13.9. The normalized spacial score (nSPS) is 16.7. The van der Waals surface area contributed by atoms with Gasteiger partial charge < -0.3 is 36.8 Å². The van der Waals surface area contributed by atoms with Crippen molar-refractivity contribution in [1.29, 1.82) is 0 Å². The van der Waals surface area contributed by atoms with Crippen LogP contribution in [0.4, 0.5) is 13.2 Å². The number of aliphatic hydroxyl groups is 1. The van der Waals surface area contributed by atoms with E-state index >= 15 is 0 Å². The molecule has 0 saturated carbocycles.